The summed E-state index contributed by atoms with van der Waals surface area (Å²) < 4.78 is 30.6. The minimum absolute atomic E-state index is 0.126. The number of anilines is 1. The molecule has 3 rings (SSSR count). The van der Waals surface area contributed by atoms with Gasteiger partial charge in [-0.3, -0.25) is 9.59 Å². The maximum absolute atomic E-state index is 13.6. The van der Waals surface area contributed by atoms with Gasteiger partial charge in [0.2, 0.25) is 0 Å². The highest BCUT2D eigenvalue weighted by Gasteiger charge is 2.54. The van der Waals surface area contributed by atoms with Crippen LogP contribution >= 0.6 is 23.2 Å². The van der Waals surface area contributed by atoms with E-state index in [1.54, 1.807) is 44.2 Å². The zero-order valence-corrected chi connectivity index (χ0v) is 19.5. The lowest BCUT2D eigenvalue weighted by Gasteiger charge is -2.27. The predicted molar refractivity (Wildman–Crippen MR) is 120 cm³/mol. The van der Waals surface area contributed by atoms with Crippen molar-refractivity contribution in [2.75, 3.05) is 11.9 Å². The lowest BCUT2D eigenvalue weighted by Crippen LogP contribution is -2.46. The monoisotopic (exact) mass is 483 g/mol. The molecule has 0 saturated heterocycles. The van der Waals surface area contributed by atoms with Crippen LogP contribution in [0.1, 0.15) is 36.8 Å². The molecule has 1 saturated carbocycles. The van der Waals surface area contributed by atoms with Crippen LogP contribution in [0.25, 0.3) is 0 Å². The van der Waals surface area contributed by atoms with E-state index in [1.165, 1.54) is 0 Å². The second-order valence-electron chi connectivity index (χ2n) is 7.70. The molecular weight excluding hydrogens is 461 g/mol. The van der Waals surface area contributed by atoms with E-state index in [9.17, 15) is 18.0 Å². The molecular formula is C22H23Cl2NO5S. The predicted octanol–water partition coefficient (Wildman–Crippen LogP) is 4.88. The number of hydrogen-bond acceptors (Lipinski definition) is 5. The van der Waals surface area contributed by atoms with E-state index in [1.807, 2.05) is 6.07 Å². The van der Waals surface area contributed by atoms with Crippen LogP contribution in [-0.2, 0) is 24.2 Å². The van der Waals surface area contributed by atoms with Gasteiger partial charge in [0.05, 0.1) is 20.6 Å². The number of carbonyl (C=O) groups is 2. The highest BCUT2D eigenvalue weighted by molar-refractivity contribution is 7.93. The first-order chi connectivity index (χ1) is 14.6. The van der Waals surface area contributed by atoms with Crippen molar-refractivity contribution in [3.8, 4) is 0 Å². The summed E-state index contributed by atoms with van der Waals surface area (Å²) in [6, 6.07) is 9.85. The molecule has 6 nitrogen and oxygen atoms in total. The maximum Gasteiger partial charge on any atom is 0.328 e. The van der Waals surface area contributed by atoms with E-state index in [2.05, 4.69) is 5.32 Å². The minimum Gasteiger partial charge on any atom is -0.454 e. The van der Waals surface area contributed by atoms with Crippen LogP contribution in [0.4, 0.5) is 5.69 Å². The first kappa shape index (κ1) is 23.6. The summed E-state index contributed by atoms with van der Waals surface area (Å²) in [5.74, 6) is -1.55. The standard InChI is InChI=1S/C22H23Cl2NO5S/c1-14-8-9-15(2)18(12-14)31(28,29)22(10-3-4-11-22)21(27)30-13-19(26)25-17-7-5-6-16(23)20(17)24/h5-9,12H,3-4,10-11,13H2,1-2H3,(H,25,26). The summed E-state index contributed by atoms with van der Waals surface area (Å²) in [6.45, 7) is 2.86. The van der Waals surface area contributed by atoms with Gasteiger partial charge in [-0.1, -0.05) is 54.2 Å². The fraction of sp³-hybridized carbons (Fsp3) is 0.364. The first-order valence-corrected chi connectivity index (χ1v) is 12.1. The highest BCUT2D eigenvalue weighted by Crippen LogP contribution is 2.42. The molecule has 0 aliphatic heterocycles. The summed E-state index contributed by atoms with van der Waals surface area (Å²) >= 11 is 12.0. The van der Waals surface area contributed by atoms with Crippen molar-refractivity contribution < 1.29 is 22.7 Å². The van der Waals surface area contributed by atoms with Crippen LogP contribution in [0.3, 0.4) is 0 Å². The lowest BCUT2D eigenvalue weighted by molar-refractivity contribution is -0.149. The zero-order chi connectivity index (χ0) is 22.8. The summed E-state index contributed by atoms with van der Waals surface area (Å²) in [5.41, 5.74) is 1.62. The van der Waals surface area contributed by atoms with Gasteiger partial charge < -0.3 is 10.1 Å². The van der Waals surface area contributed by atoms with E-state index < -0.39 is 33.1 Å². The second-order valence-corrected chi connectivity index (χ2v) is 10.7. The van der Waals surface area contributed by atoms with Crippen LogP contribution < -0.4 is 5.32 Å². The van der Waals surface area contributed by atoms with Crippen molar-refractivity contribution in [1.82, 2.24) is 0 Å². The molecule has 0 heterocycles. The van der Waals surface area contributed by atoms with Crippen molar-refractivity contribution in [1.29, 1.82) is 0 Å². The van der Waals surface area contributed by atoms with Gasteiger partial charge in [-0.05, 0) is 56.0 Å². The topological polar surface area (TPSA) is 89.5 Å². The van der Waals surface area contributed by atoms with E-state index in [-0.39, 0.29) is 33.5 Å². The van der Waals surface area contributed by atoms with Gasteiger partial charge in [0.1, 0.15) is 0 Å². The molecule has 1 aliphatic rings. The van der Waals surface area contributed by atoms with Crippen LogP contribution in [0.5, 0.6) is 0 Å². The quantitative estimate of drug-likeness (QED) is 0.591. The number of halogens is 2. The third kappa shape index (κ3) is 4.59. The molecule has 31 heavy (non-hydrogen) atoms. The Morgan fingerprint density at radius 1 is 1.10 bits per heavy atom. The number of amides is 1. The fourth-order valence-corrected chi connectivity index (χ4v) is 6.49. The molecule has 9 heteroatoms. The van der Waals surface area contributed by atoms with Crippen LogP contribution in [0.15, 0.2) is 41.3 Å². The summed E-state index contributed by atoms with van der Waals surface area (Å²) in [7, 11) is -4.02. The lowest BCUT2D eigenvalue weighted by atomic mass is 10.1. The minimum atomic E-state index is -4.02. The summed E-state index contributed by atoms with van der Waals surface area (Å²) in [5, 5.41) is 2.94. The molecule has 0 bridgehead atoms. The summed E-state index contributed by atoms with van der Waals surface area (Å²) in [6.07, 6.45) is 1.49. The average molecular weight is 484 g/mol. The number of ether oxygens (including phenoxy) is 1. The maximum atomic E-state index is 13.6. The molecule has 166 valence electrons. The van der Waals surface area contributed by atoms with Gasteiger partial charge in [0, 0.05) is 0 Å². The summed E-state index contributed by atoms with van der Waals surface area (Å²) in [4.78, 5) is 25.4. The number of sulfone groups is 1. The number of nitrogens with one attached hydrogen (secondary N) is 1. The highest BCUT2D eigenvalue weighted by atomic mass is 35.5. The molecule has 0 atom stereocenters. The number of esters is 1. The van der Waals surface area contributed by atoms with Crippen LogP contribution in [0.2, 0.25) is 10.0 Å². The van der Waals surface area contributed by atoms with E-state index >= 15 is 0 Å². The van der Waals surface area contributed by atoms with Crippen LogP contribution in [0, 0.1) is 13.8 Å². The molecule has 0 unspecified atom stereocenters. The Kier molecular flexibility index (Phi) is 6.98. The number of benzene rings is 2. The Bertz CT molecular complexity index is 1120. The largest absolute Gasteiger partial charge is 0.454 e. The SMILES string of the molecule is Cc1ccc(C)c(S(=O)(=O)C2(C(=O)OCC(=O)Nc3cccc(Cl)c3Cl)CCCC2)c1. The Labute approximate surface area is 191 Å². The number of rotatable bonds is 6. The molecule has 1 amide bonds. The van der Waals surface area contributed by atoms with E-state index in [4.69, 9.17) is 27.9 Å². The molecule has 1 N–H and O–H groups in total. The van der Waals surface area contributed by atoms with Gasteiger partial charge >= 0.3 is 5.97 Å². The Balaban J connectivity index is 1.80. The Morgan fingerprint density at radius 2 is 1.77 bits per heavy atom. The van der Waals surface area contributed by atoms with Crippen molar-refractivity contribution in [2.45, 2.75) is 49.2 Å². The van der Waals surface area contributed by atoms with Crippen molar-refractivity contribution in [2.24, 2.45) is 0 Å². The fourth-order valence-electron chi connectivity index (χ4n) is 3.79. The van der Waals surface area contributed by atoms with Gasteiger partial charge in [-0.15, -0.1) is 0 Å². The third-order valence-electron chi connectivity index (χ3n) is 5.49. The second kappa shape index (κ2) is 9.18. The zero-order valence-electron chi connectivity index (χ0n) is 17.2. The Hall–Kier alpha value is -2.09. The number of aryl methyl sites for hydroxylation is 2. The van der Waals surface area contributed by atoms with E-state index in [0.29, 0.717) is 18.4 Å². The van der Waals surface area contributed by atoms with Gasteiger partial charge in [0.15, 0.2) is 21.2 Å². The normalized spacial score (nSPS) is 15.5. The van der Waals surface area contributed by atoms with E-state index in [0.717, 1.165) is 5.56 Å². The Morgan fingerprint density at radius 3 is 2.45 bits per heavy atom. The molecule has 2 aromatic carbocycles. The molecule has 0 radical (unpaired) electrons. The molecule has 0 aromatic heterocycles. The molecule has 2 aromatic rings. The van der Waals surface area contributed by atoms with Gasteiger partial charge in [-0.25, -0.2) is 8.42 Å². The van der Waals surface area contributed by atoms with Gasteiger partial charge in [-0.2, -0.15) is 0 Å². The number of carbonyl (C=O) groups excluding carboxylic acids is 2. The van der Waals surface area contributed by atoms with Gasteiger partial charge in [0.25, 0.3) is 5.91 Å². The molecule has 0 spiro atoms. The third-order valence-corrected chi connectivity index (χ3v) is 8.93. The smallest absolute Gasteiger partial charge is 0.328 e. The first-order valence-electron chi connectivity index (χ1n) is 9.81. The molecule has 1 fully saturated rings. The molecule has 1 aliphatic carbocycles. The van der Waals surface area contributed by atoms with Crippen molar-refractivity contribution >= 4 is 50.6 Å². The number of hydrogen-bond donors (Lipinski definition) is 1. The van der Waals surface area contributed by atoms with Crippen LogP contribution in [-0.4, -0.2) is 31.6 Å². The van der Waals surface area contributed by atoms with Crippen molar-refractivity contribution in [3.63, 3.8) is 0 Å². The van der Waals surface area contributed by atoms with Crippen molar-refractivity contribution in [3.05, 3.63) is 57.6 Å². The average Bonchev–Trinajstić information content (AvgIpc) is 3.23.